The number of benzene rings is 2. The molecule has 1 heterocycles. The molecule has 5 nitrogen and oxygen atoms in total. The molecule has 0 unspecified atom stereocenters. The molecule has 0 saturated heterocycles. The summed E-state index contributed by atoms with van der Waals surface area (Å²) in [6, 6.07) is 14.5. The van der Waals surface area contributed by atoms with Crippen molar-refractivity contribution in [3.63, 3.8) is 0 Å². The number of carbonyl (C=O) groups excluding carboxylic acids is 1. The average molecular weight is 328 g/mol. The summed E-state index contributed by atoms with van der Waals surface area (Å²) in [6.07, 6.45) is 0. The molecule has 0 spiro atoms. The second kappa shape index (κ2) is 6.62. The molecule has 0 bridgehead atoms. The van der Waals surface area contributed by atoms with Gasteiger partial charge >= 0.3 is 0 Å². The Morgan fingerprint density at radius 1 is 1.22 bits per heavy atom. The summed E-state index contributed by atoms with van der Waals surface area (Å²) >= 11 is 5.94. The maximum Gasteiger partial charge on any atom is 0.251 e. The van der Waals surface area contributed by atoms with Crippen LogP contribution in [0.4, 0.5) is 0 Å². The van der Waals surface area contributed by atoms with E-state index in [0.29, 0.717) is 22.3 Å². The van der Waals surface area contributed by atoms with Gasteiger partial charge in [-0.3, -0.25) is 4.79 Å². The van der Waals surface area contributed by atoms with E-state index in [1.165, 1.54) is 0 Å². The van der Waals surface area contributed by atoms with E-state index in [1.54, 1.807) is 24.3 Å². The zero-order valence-corrected chi connectivity index (χ0v) is 13.2. The summed E-state index contributed by atoms with van der Waals surface area (Å²) in [4.78, 5) is 16.3. The minimum absolute atomic E-state index is 0.167. The van der Waals surface area contributed by atoms with Crippen molar-refractivity contribution in [3.05, 3.63) is 70.6 Å². The van der Waals surface area contributed by atoms with Crippen LogP contribution >= 0.6 is 11.6 Å². The van der Waals surface area contributed by atoms with E-state index in [9.17, 15) is 4.79 Å². The van der Waals surface area contributed by atoms with Gasteiger partial charge in [0.05, 0.1) is 6.54 Å². The van der Waals surface area contributed by atoms with Crippen LogP contribution in [0.15, 0.2) is 53.1 Å². The van der Waals surface area contributed by atoms with Gasteiger partial charge in [0.2, 0.25) is 11.7 Å². The lowest BCUT2D eigenvalue weighted by atomic mass is 10.1. The quantitative estimate of drug-likeness (QED) is 0.794. The van der Waals surface area contributed by atoms with Crippen LogP contribution in [0.1, 0.15) is 21.8 Å². The third-order valence-corrected chi connectivity index (χ3v) is 3.50. The third kappa shape index (κ3) is 3.76. The van der Waals surface area contributed by atoms with E-state index in [4.69, 9.17) is 16.1 Å². The fourth-order valence-electron chi connectivity index (χ4n) is 2.03. The molecular weight excluding hydrogens is 314 g/mol. The van der Waals surface area contributed by atoms with Gasteiger partial charge in [-0.05, 0) is 31.2 Å². The third-order valence-electron chi connectivity index (χ3n) is 3.26. The average Bonchev–Trinajstić information content (AvgIpc) is 3.02. The Morgan fingerprint density at radius 2 is 2.00 bits per heavy atom. The van der Waals surface area contributed by atoms with Crippen LogP contribution in [0, 0.1) is 6.92 Å². The first-order valence-corrected chi connectivity index (χ1v) is 7.43. The molecule has 0 aliphatic heterocycles. The van der Waals surface area contributed by atoms with Crippen LogP contribution in [-0.4, -0.2) is 16.0 Å². The fraction of sp³-hybridized carbons (Fsp3) is 0.118. The number of carbonyl (C=O) groups is 1. The Labute approximate surface area is 138 Å². The lowest BCUT2D eigenvalue weighted by molar-refractivity contribution is 0.0946. The van der Waals surface area contributed by atoms with Gasteiger partial charge in [-0.1, -0.05) is 46.6 Å². The number of hydrogen-bond donors (Lipinski definition) is 1. The number of halogens is 1. The first-order valence-electron chi connectivity index (χ1n) is 7.05. The maximum atomic E-state index is 12.0. The lowest BCUT2D eigenvalue weighted by Crippen LogP contribution is -2.22. The molecule has 1 amide bonds. The van der Waals surface area contributed by atoms with Crippen molar-refractivity contribution in [2.24, 2.45) is 0 Å². The van der Waals surface area contributed by atoms with Crippen LogP contribution < -0.4 is 5.32 Å². The number of hydrogen-bond acceptors (Lipinski definition) is 4. The normalized spacial score (nSPS) is 10.5. The second-order valence-electron chi connectivity index (χ2n) is 5.07. The summed E-state index contributed by atoms with van der Waals surface area (Å²) in [7, 11) is 0. The zero-order valence-electron chi connectivity index (χ0n) is 12.4. The highest BCUT2D eigenvalue weighted by molar-refractivity contribution is 6.30. The SMILES string of the molecule is Cc1ccc(C(=O)NCc2nc(-c3cccc(Cl)c3)no2)cc1. The molecule has 0 radical (unpaired) electrons. The van der Waals surface area contributed by atoms with Crippen molar-refractivity contribution in [3.8, 4) is 11.4 Å². The first kappa shape index (κ1) is 15.2. The highest BCUT2D eigenvalue weighted by Crippen LogP contribution is 2.19. The number of rotatable bonds is 4. The van der Waals surface area contributed by atoms with Crippen molar-refractivity contribution in [1.29, 1.82) is 0 Å². The molecule has 3 aromatic rings. The molecule has 0 fully saturated rings. The Kier molecular flexibility index (Phi) is 4.39. The first-order chi connectivity index (χ1) is 11.1. The van der Waals surface area contributed by atoms with Gasteiger partial charge in [0.25, 0.3) is 5.91 Å². The highest BCUT2D eigenvalue weighted by Gasteiger charge is 2.11. The van der Waals surface area contributed by atoms with Gasteiger partial charge in [-0.15, -0.1) is 0 Å². The van der Waals surface area contributed by atoms with E-state index in [-0.39, 0.29) is 12.5 Å². The number of nitrogens with zero attached hydrogens (tertiary/aromatic N) is 2. The standard InChI is InChI=1S/C17H14ClN3O2/c1-11-5-7-12(8-6-11)17(22)19-10-15-20-16(21-23-15)13-3-2-4-14(18)9-13/h2-9H,10H2,1H3,(H,19,22). The zero-order chi connectivity index (χ0) is 16.2. The van der Waals surface area contributed by atoms with Crippen molar-refractivity contribution in [2.75, 3.05) is 0 Å². The molecular formula is C17H14ClN3O2. The van der Waals surface area contributed by atoms with Crippen molar-refractivity contribution in [2.45, 2.75) is 13.5 Å². The summed E-state index contributed by atoms with van der Waals surface area (Å²) < 4.78 is 5.15. The second-order valence-corrected chi connectivity index (χ2v) is 5.51. The molecule has 1 N–H and O–H groups in total. The van der Waals surface area contributed by atoms with Crippen molar-refractivity contribution < 1.29 is 9.32 Å². The summed E-state index contributed by atoms with van der Waals surface area (Å²) in [5, 5.41) is 7.24. The largest absolute Gasteiger partial charge is 0.343 e. The predicted molar refractivity (Wildman–Crippen MR) is 87.1 cm³/mol. The molecule has 6 heteroatoms. The fourth-order valence-corrected chi connectivity index (χ4v) is 2.22. The van der Waals surface area contributed by atoms with Crippen LogP contribution in [0.5, 0.6) is 0 Å². The lowest BCUT2D eigenvalue weighted by Gasteiger charge is -2.02. The predicted octanol–water partition coefficient (Wildman–Crippen LogP) is 3.63. The van der Waals surface area contributed by atoms with Crippen LogP contribution in [-0.2, 0) is 6.54 Å². The molecule has 1 aromatic heterocycles. The Morgan fingerprint density at radius 3 is 2.74 bits per heavy atom. The number of aryl methyl sites for hydroxylation is 1. The van der Waals surface area contributed by atoms with Gasteiger partial charge in [0.15, 0.2) is 0 Å². The Hall–Kier alpha value is -2.66. The molecule has 116 valence electrons. The minimum Gasteiger partial charge on any atom is -0.343 e. The molecule has 0 aliphatic carbocycles. The van der Waals surface area contributed by atoms with Gasteiger partial charge in [0, 0.05) is 16.1 Å². The number of amides is 1. The van der Waals surface area contributed by atoms with Gasteiger partial charge in [-0.25, -0.2) is 0 Å². The molecule has 0 atom stereocenters. The number of aromatic nitrogens is 2. The van der Waals surface area contributed by atoms with E-state index < -0.39 is 0 Å². The molecule has 23 heavy (non-hydrogen) atoms. The van der Waals surface area contributed by atoms with Crippen LogP contribution in [0.2, 0.25) is 5.02 Å². The molecule has 0 aliphatic rings. The summed E-state index contributed by atoms with van der Waals surface area (Å²) in [5.74, 6) is 0.583. The minimum atomic E-state index is -0.187. The van der Waals surface area contributed by atoms with Crippen LogP contribution in [0.25, 0.3) is 11.4 Å². The van der Waals surface area contributed by atoms with Gasteiger partial charge in [0.1, 0.15) is 0 Å². The molecule has 3 rings (SSSR count). The van der Waals surface area contributed by atoms with Crippen LogP contribution in [0.3, 0.4) is 0 Å². The summed E-state index contributed by atoms with van der Waals surface area (Å²) in [5.41, 5.74) is 2.45. The van der Waals surface area contributed by atoms with E-state index in [0.717, 1.165) is 11.1 Å². The molecule has 0 saturated carbocycles. The highest BCUT2D eigenvalue weighted by atomic mass is 35.5. The van der Waals surface area contributed by atoms with E-state index >= 15 is 0 Å². The van der Waals surface area contributed by atoms with E-state index in [1.807, 2.05) is 31.2 Å². The van der Waals surface area contributed by atoms with Gasteiger partial charge in [-0.2, -0.15) is 4.98 Å². The number of nitrogens with one attached hydrogen (secondary N) is 1. The monoisotopic (exact) mass is 327 g/mol. The smallest absolute Gasteiger partial charge is 0.251 e. The Bertz CT molecular complexity index is 828. The van der Waals surface area contributed by atoms with Gasteiger partial charge < -0.3 is 9.84 Å². The summed E-state index contributed by atoms with van der Waals surface area (Å²) in [6.45, 7) is 2.14. The maximum absolute atomic E-state index is 12.0. The topological polar surface area (TPSA) is 68.0 Å². The van der Waals surface area contributed by atoms with E-state index in [2.05, 4.69) is 15.5 Å². The van der Waals surface area contributed by atoms with Crippen molar-refractivity contribution >= 4 is 17.5 Å². The molecule has 2 aromatic carbocycles. The van der Waals surface area contributed by atoms with Crippen molar-refractivity contribution in [1.82, 2.24) is 15.5 Å². The Balaban J connectivity index is 1.65.